The number of nitrogens with zero attached hydrogens (tertiary/aromatic N) is 5. The number of pyridine rings is 1. The minimum Gasteiger partial charge on any atom is -0.447 e. The summed E-state index contributed by atoms with van der Waals surface area (Å²) in [6.45, 7) is 9.40. The summed E-state index contributed by atoms with van der Waals surface area (Å²) < 4.78 is 5.17. The van der Waals surface area contributed by atoms with Crippen LogP contribution in [0.1, 0.15) is 41.3 Å². The molecule has 0 saturated carbocycles. The van der Waals surface area contributed by atoms with Gasteiger partial charge in [0.15, 0.2) is 0 Å². The molecule has 0 radical (unpaired) electrons. The van der Waals surface area contributed by atoms with E-state index in [9.17, 15) is 14.4 Å². The highest BCUT2D eigenvalue weighted by Crippen LogP contribution is 2.33. The average Bonchev–Trinajstić information content (AvgIpc) is 3.42. The summed E-state index contributed by atoms with van der Waals surface area (Å²) in [6.07, 6.45) is 2.67. The van der Waals surface area contributed by atoms with Crippen LogP contribution in [0.4, 0.5) is 22.0 Å². The van der Waals surface area contributed by atoms with Crippen molar-refractivity contribution in [3.8, 4) is 0 Å². The fourth-order valence-electron chi connectivity index (χ4n) is 5.18. The Morgan fingerprint density at radius 3 is 2.46 bits per heavy atom. The molecule has 3 fully saturated rings. The molecule has 35 heavy (non-hydrogen) atoms. The van der Waals surface area contributed by atoms with E-state index in [0.29, 0.717) is 62.7 Å². The van der Waals surface area contributed by atoms with Crippen molar-refractivity contribution in [3.63, 3.8) is 0 Å². The molecule has 184 valence electrons. The Morgan fingerprint density at radius 1 is 1.06 bits per heavy atom. The molecule has 3 saturated heterocycles. The SMILES string of the molecule is Cc1cnc(N2CCN(C(=O)c3ccc(N4C(=O)OC[C@H]4C)cc3N3CCCC3=O)CC2)c(C)c1. The molecule has 1 atom stereocenters. The summed E-state index contributed by atoms with van der Waals surface area (Å²) in [6, 6.07) is 7.32. The van der Waals surface area contributed by atoms with Crippen LogP contribution >= 0.6 is 0 Å². The van der Waals surface area contributed by atoms with E-state index in [1.807, 2.05) is 24.9 Å². The maximum Gasteiger partial charge on any atom is 0.414 e. The summed E-state index contributed by atoms with van der Waals surface area (Å²) in [5.41, 5.74) is 3.95. The van der Waals surface area contributed by atoms with Gasteiger partial charge in [-0.05, 0) is 56.5 Å². The summed E-state index contributed by atoms with van der Waals surface area (Å²) in [5.74, 6) is 0.859. The quantitative estimate of drug-likeness (QED) is 0.673. The van der Waals surface area contributed by atoms with E-state index in [2.05, 4.69) is 22.9 Å². The lowest BCUT2D eigenvalue weighted by molar-refractivity contribution is -0.117. The van der Waals surface area contributed by atoms with Crippen LogP contribution in [-0.4, -0.2) is 73.2 Å². The highest BCUT2D eigenvalue weighted by atomic mass is 16.6. The highest BCUT2D eigenvalue weighted by molar-refractivity contribution is 6.07. The maximum atomic E-state index is 13.6. The number of anilines is 3. The first-order valence-corrected chi connectivity index (χ1v) is 12.2. The Kier molecular flexibility index (Phi) is 6.08. The number of amides is 3. The average molecular weight is 478 g/mol. The van der Waals surface area contributed by atoms with Crippen LogP contribution in [0.15, 0.2) is 30.5 Å². The lowest BCUT2D eigenvalue weighted by Crippen LogP contribution is -2.49. The van der Waals surface area contributed by atoms with Gasteiger partial charge in [0.1, 0.15) is 12.4 Å². The molecule has 2 aromatic rings. The zero-order valence-corrected chi connectivity index (χ0v) is 20.5. The molecule has 9 nitrogen and oxygen atoms in total. The van der Waals surface area contributed by atoms with Gasteiger partial charge in [-0.1, -0.05) is 6.07 Å². The molecule has 0 spiro atoms. The van der Waals surface area contributed by atoms with E-state index < -0.39 is 6.09 Å². The summed E-state index contributed by atoms with van der Waals surface area (Å²) >= 11 is 0. The molecule has 3 aliphatic heterocycles. The molecule has 9 heteroatoms. The van der Waals surface area contributed by atoms with Gasteiger partial charge in [0.2, 0.25) is 5.91 Å². The third kappa shape index (κ3) is 4.31. The number of hydrogen-bond acceptors (Lipinski definition) is 6. The number of hydrogen-bond donors (Lipinski definition) is 0. The lowest BCUT2D eigenvalue weighted by atomic mass is 10.1. The third-order valence-corrected chi connectivity index (χ3v) is 6.99. The van der Waals surface area contributed by atoms with E-state index in [1.165, 1.54) is 0 Å². The topological polar surface area (TPSA) is 86.3 Å². The first kappa shape index (κ1) is 23.1. The molecule has 0 bridgehead atoms. The molecule has 0 N–H and O–H groups in total. The zero-order chi connectivity index (χ0) is 24.7. The van der Waals surface area contributed by atoms with Crippen LogP contribution in [0.5, 0.6) is 0 Å². The smallest absolute Gasteiger partial charge is 0.414 e. The lowest BCUT2D eigenvalue weighted by Gasteiger charge is -2.36. The van der Waals surface area contributed by atoms with Gasteiger partial charge in [0, 0.05) is 51.0 Å². The molecule has 1 aromatic carbocycles. The Morgan fingerprint density at radius 2 is 1.83 bits per heavy atom. The van der Waals surface area contributed by atoms with E-state index in [4.69, 9.17) is 4.74 Å². The van der Waals surface area contributed by atoms with Crippen LogP contribution < -0.4 is 14.7 Å². The van der Waals surface area contributed by atoms with Crippen molar-refractivity contribution in [1.82, 2.24) is 9.88 Å². The fourth-order valence-corrected chi connectivity index (χ4v) is 5.18. The fraction of sp³-hybridized carbons (Fsp3) is 0.462. The maximum absolute atomic E-state index is 13.6. The van der Waals surface area contributed by atoms with E-state index in [-0.39, 0.29) is 17.9 Å². The number of ether oxygens (including phenoxy) is 1. The van der Waals surface area contributed by atoms with Crippen molar-refractivity contribution in [3.05, 3.63) is 47.2 Å². The first-order valence-electron chi connectivity index (χ1n) is 12.2. The van der Waals surface area contributed by atoms with Crippen LogP contribution in [0, 0.1) is 13.8 Å². The number of aryl methyl sites for hydroxylation is 2. The molecule has 5 rings (SSSR count). The molecule has 1 aromatic heterocycles. The Balaban J connectivity index is 1.39. The molecular weight excluding hydrogens is 446 g/mol. The van der Waals surface area contributed by atoms with Crippen LogP contribution in [0.25, 0.3) is 0 Å². The molecule has 3 aliphatic rings. The predicted octanol–water partition coefficient (Wildman–Crippen LogP) is 3.13. The minimum absolute atomic E-state index is 0.000938. The van der Waals surface area contributed by atoms with Crippen molar-refractivity contribution in [2.45, 2.75) is 39.7 Å². The predicted molar refractivity (Wildman–Crippen MR) is 133 cm³/mol. The van der Waals surface area contributed by atoms with Gasteiger partial charge < -0.3 is 19.4 Å². The van der Waals surface area contributed by atoms with Gasteiger partial charge in [0.05, 0.1) is 17.3 Å². The van der Waals surface area contributed by atoms with Crippen molar-refractivity contribution in [2.24, 2.45) is 0 Å². The second-order valence-electron chi connectivity index (χ2n) is 9.58. The number of carbonyl (C=O) groups is 3. The largest absolute Gasteiger partial charge is 0.447 e. The number of piperazine rings is 1. The summed E-state index contributed by atoms with van der Waals surface area (Å²) in [7, 11) is 0. The molecule has 3 amide bonds. The number of rotatable bonds is 4. The van der Waals surface area contributed by atoms with Gasteiger partial charge >= 0.3 is 6.09 Å². The Hall–Kier alpha value is -3.62. The molecule has 0 unspecified atom stereocenters. The van der Waals surface area contributed by atoms with E-state index in [1.54, 1.807) is 28.0 Å². The molecular formula is C26H31N5O4. The van der Waals surface area contributed by atoms with Gasteiger partial charge in [0.25, 0.3) is 5.91 Å². The van der Waals surface area contributed by atoms with Crippen LogP contribution in [-0.2, 0) is 9.53 Å². The second-order valence-corrected chi connectivity index (χ2v) is 9.58. The monoisotopic (exact) mass is 477 g/mol. The van der Waals surface area contributed by atoms with Crippen LogP contribution in [0.3, 0.4) is 0 Å². The van der Waals surface area contributed by atoms with Gasteiger partial charge in [-0.3, -0.25) is 14.5 Å². The normalized spacial score (nSPS) is 20.6. The van der Waals surface area contributed by atoms with Crippen molar-refractivity contribution >= 4 is 35.1 Å². The molecule has 4 heterocycles. The second kappa shape index (κ2) is 9.20. The number of cyclic esters (lactones) is 1. The van der Waals surface area contributed by atoms with Crippen molar-refractivity contribution < 1.29 is 19.1 Å². The minimum atomic E-state index is -0.411. The van der Waals surface area contributed by atoms with Crippen LogP contribution in [0.2, 0.25) is 0 Å². The standard InChI is InChI=1S/C26H31N5O4/c1-17-13-18(2)24(27-15-17)28-9-11-29(12-10-28)25(33)21-7-6-20(31-19(3)16-35-26(31)34)14-22(21)30-8-4-5-23(30)32/h6-7,13-15,19H,4-5,8-12,16H2,1-3H3/t19-/m1/s1. The Labute approximate surface area is 205 Å². The van der Waals surface area contributed by atoms with Gasteiger partial charge in [-0.2, -0.15) is 0 Å². The van der Waals surface area contributed by atoms with Crippen molar-refractivity contribution in [2.75, 3.05) is 54.0 Å². The first-order chi connectivity index (χ1) is 16.8. The third-order valence-electron chi connectivity index (χ3n) is 6.99. The zero-order valence-electron chi connectivity index (χ0n) is 20.5. The highest BCUT2D eigenvalue weighted by Gasteiger charge is 2.34. The van der Waals surface area contributed by atoms with Crippen molar-refractivity contribution in [1.29, 1.82) is 0 Å². The number of benzene rings is 1. The van der Waals surface area contributed by atoms with Gasteiger partial charge in [-0.15, -0.1) is 0 Å². The molecule has 0 aliphatic carbocycles. The van der Waals surface area contributed by atoms with Gasteiger partial charge in [-0.25, -0.2) is 9.78 Å². The summed E-state index contributed by atoms with van der Waals surface area (Å²) in [4.78, 5) is 50.5. The van der Waals surface area contributed by atoms with E-state index >= 15 is 0 Å². The van der Waals surface area contributed by atoms with E-state index in [0.717, 1.165) is 23.4 Å². The number of carbonyl (C=O) groups excluding carboxylic acids is 3. The number of aromatic nitrogens is 1. The Bertz CT molecular complexity index is 1170. The summed E-state index contributed by atoms with van der Waals surface area (Å²) in [5, 5.41) is 0.